The number of hydrogen-bond donors (Lipinski definition) is 1. The maximum Gasteiger partial charge on any atom is 0.253 e. The van der Waals surface area contributed by atoms with Gasteiger partial charge in [0.05, 0.1) is 17.4 Å². The molecular formula is C20H25N3O2. The molecule has 2 aliphatic rings. The zero-order valence-electron chi connectivity index (χ0n) is 14.5. The molecule has 1 heterocycles. The van der Waals surface area contributed by atoms with Crippen LogP contribution in [-0.2, 0) is 4.79 Å². The average Bonchev–Trinajstić information content (AvgIpc) is 3.17. The smallest absolute Gasteiger partial charge is 0.253 e. The van der Waals surface area contributed by atoms with Crippen molar-refractivity contribution in [3.8, 4) is 6.07 Å². The molecule has 25 heavy (non-hydrogen) atoms. The molecule has 2 amide bonds. The van der Waals surface area contributed by atoms with Crippen molar-refractivity contribution in [2.45, 2.75) is 38.5 Å². The van der Waals surface area contributed by atoms with Crippen LogP contribution in [0.4, 0.5) is 0 Å². The summed E-state index contributed by atoms with van der Waals surface area (Å²) in [6.45, 7) is 1.50. The van der Waals surface area contributed by atoms with E-state index in [2.05, 4.69) is 11.4 Å². The molecule has 0 aromatic heterocycles. The van der Waals surface area contributed by atoms with Crippen LogP contribution in [0.15, 0.2) is 30.3 Å². The first-order valence-corrected chi connectivity index (χ1v) is 9.17. The van der Waals surface area contributed by atoms with Gasteiger partial charge >= 0.3 is 0 Å². The van der Waals surface area contributed by atoms with E-state index in [1.165, 1.54) is 6.42 Å². The summed E-state index contributed by atoms with van der Waals surface area (Å²) in [5, 5.41) is 12.5. The highest BCUT2D eigenvalue weighted by atomic mass is 16.2. The molecular weight excluding hydrogens is 314 g/mol. The van der Waals surface area contributed by atoms with E-state index in [1.807, 2.05) is 18.2 Å². The molecule has 0 bridgehead atoms. The van der Waals surface area contributed by atoms with Gasteiger partial charge in [-0.2, -0.15) is 5.26 Å². The zero-order chi connectivity index (χ0) is 17.7. The van der Waals surface area contributed by atoms with Crippen molar-refractivity contribution in [2.75, 3.05) is 19.6 Å². The van der Waals surface area contributed by atoms with Crippen molar-refractivity contribution in [3.63, 3.8) is 0 Å². The molecule has 1 saturated heterocycles. The summed E-state index contributed by atoms with van der Waals surface area (Å²) in [5.41, 5.74) is 0.265. The van der Waals surface area contributed by atoms with E-state index in [-0.39, 0.29) is 17.7 Å². The van der Waals surface area contributed by atoms with Gasteiger partial charge in [0, 0.05) is 25.2 Å². The van der Waals surface area contributed by atoms with Crippen molar-refractivity contribution in [1.29, 1.82) is 5.26 Å². The fraction of sp³-hybridized carbons (Fsp3) is 0.550. The third-order valence-electron chi connectivity index (χ3n) is 5.52. The number of amides is 2. The minimum atomic E-state index is -0.397. The molecule has 1 aromatic rings. The number of likely N-dealkylation sites (tertiary alicyclic amines) is 1. The summed E-state index contributed by atoms with van der Waals surface area (Å²) < 4.78 is 0. The standard InChI is InChI=1S/C20H25N3O2/c21-14-20(10-5-2-6-11-20)15-22-18(24)17-9-12-23(13-17)19(25)16-7-3-1-4-8-16/h1,3-4,7-8,17H,2,5-6,9-13,15H2,(H,22,24). The number of nitrogens with zero attached hydrogens (tertiary/aromatic N) is 2. The Morgan fingerprint density at radius 1 is 1.20 bits per heavy atom. The minimum Gasteiger partial charge on any atom is -0.354 e. The number of carbonyl (C=O) groups is 2. The van der Waals surface area contributed by atoms with Crippen LogP contribution in [0.25, 0.3) is 0 Å². The topological polar surface area (TPSA) is 73.2 Å². The second kappa shape index (κ2) is 7.69. The number of benzene rings is 1. The maximum atomic E-state index is 12.5. The van der Waals surface area contributed by atoms with Crippen molar-refractivity contribution < 1.29 is 9.59 Å². The van der Waals surface area contributed by atoms with Crippen LogP contribution < -0.4 is 5.32 Å². The van der Waals surface area contributed by atoms with E-state index in [0.717, 1.165) is 25.7 Å². The molecule has 1 atom stereocenters. The van der Waals surface area contributed by atoms with Crippen LogP contribution in [0.3, 0.4) is 0 Å². The summed E-state index contributed by atoms with van der Waals surface area (Å²) in [6.07, 6.45) is 5.72. The van der Waals surface area contributed by atoms with Crippen LogP contribution in [-0.4, -0.2) is 36.3 Å². The van der Waals surface area contributed by atoms with Gasteiger partial charge in [0.25, 0.3) is 5.91 Å². The molecule has 1 saturated carbocycles. The molecule has 132 valence electrons. The lowest BCUT2D eigenvalue weighted by molar-refractivity contribution is -0.125. The van der Waals surface area contributed by atoms with Gasteiger partial charge < -0.3 is 10.2 Å². The molecule has 0 spiro atoms. The monoisotopic (exact) mass is 339 g/mol. The second-order valence-electron chi connectivity index (χ2n) is 7.27. The van der Waals surface area contributed by atoms with Crippen LogP contribution in [0.5, 0.6) is 0 Å². The second-order valence-corrected chi connectivity index (χ2v) is 7.27. The van der Waals surface area contributed by atoms with Crippen molar-refractivity contribution in [1.82, 2.24) is 10.2 Å². The third-order valence-corrected chi connectivity index (χ3v) is 5.52. The highest BCUT2D eigenvalue weighted by Crippen LogP contribution is 2.35. The maximum absolute atomic E-state index is 12.5. The normalized spacial score (nSPS) is 22.2. The quantitative estimate of drug-likeness (QED) is 0.916. The highest BCUT2D eigenvalue weighted by Gasteiger charge is 2.35. The summed E-state index contributed by atoms with van der Waals surface area (Å²) in [4.78, 5) is 26.7. The van der Waals surface area contributed by atoms with Gasteiger partial charge in [0.2, 0.25) is 5.91 Å². The SMILES string of the molecule is N#CC1(CNC(=O)C2CCN(C(=O)c3ccccc3)C2)CCCCC1. The summed E-state index contributed by atoms with van der Waals surface area (Å²) in [6, 6.07) is 11.6. The van der Waals surface area contributed by atoms with Crippen LogP contribution in [0, 0.1) is 22.7 Å². The molecule has 1 unspecified atom stereocenters. The first-order chi connectivity index (χ1) is 12.1. The van der Waals surface area contributed by atoms with E-state index in [0.29, 0.717) is 31.6 Å². The van der Waals surface area contributed by atoms with E-state index in [1.54, 1.807) is 17.0 Å². The van der Waals surface area contributed by atoms with E-state index in [9.17, 15) is 14.9 Å². The molecule has 5 nitrogen and oxygen atoms in total. The van der Waals surface area contributed by atoms with Crippen molar-refractivity contribution in [2.24, 2.45) is 11.3 Å². The van der Waals surface area contributed by atoms with Crippen LogP contribution in [0.1, 0.15) is 48.9 Å². The van der Waals surface area contributed by atoms with E-state index < -0.39 is 5.41 Å². The number of hydrogen-bond acceptors (Lipinski definition) is 3. The molecule has 2 fully saturated rings. The predicted octanol–water partition coefficient (Wildman–Crippen LogP) is 2.74. The number of carbonyl (C=O) groups excluding carboxylic acids is 2. The Bertz CT molecular complexity index is 659. The lowest BCUT2D eigenvalue weighted by Crippen LogP contribution is -2.41. The number of nitrogens with one attached hydrogen (secondary N) is 1. The van der Waals surface area contributed by atoms with Gasteiger partial charge in [-0.1, -0.05) is 37.5 Å². The van der Waals surface area contributed by atoms with E-state index in [4.69, 9.17) is 0 Å². The first-order valence-electron chi connectivity index (χ1n) is 9.17. The molecule has 3 rings (SSSR count). The van der Waals surface area contributed by atoms with Gasteiger partial charge in [-0.05, 0) is 31.4 Å². The number of rotatable bonds is 4. The highest BCUT2D eigenvalue weighted by molar-refractivity contribution is 5.95. The van der Waals surface area contributed by atoms with Crippen molar-refractivity contribution >= 4 is 11.8 Å². The summed E-state index contributed by atoms with van der Waals surface area (Å²) >= 11 is 0. The molecule has 1 aliphatic heterocycles. The zero-order valence-corrected chi connectivity index (χ0v) is 14.5. The number of nitriles is 1. The van der Waals surface area contributed by atoms with Gasteiger partial charge in [0.1, 0.15) is 0 Å². The average molecular weight is 339 g/mol. The molecule has 5 heteroatoms. The summed E-state index contributed by atoms with van der Waals surface area (Å²) in [7, 11) is 0. The lowest BCUT2D eigenvalue weighted by atomic mass is 9.75. The van der Waals surface area contributed by atoms with Gasteiger partial charge in [0.15, 0.2) is 0 Å². The van der Waals surface area contributed by atoms with Gasteiger partial charge in [-0.25, -0.2) is 0 Å². The minimum absolute atomic E-state index is 0.0170. The Kier molecular flexibility index (Phi) is 5.37. The Hall–Kier alpha value is -2.35. The van der Waals surface area contributed by atoms with Gasteiger partial charge in [-0.15, -0.1) is 0 Å². The molecule has 1 aliphatic carbocycles. The largest absolute Gasteiger partial charge is 0.354 e. The molecule has 0 radical (unpaired) electrons. The molecule has 1 aromatic carbocycles. The Labute approximate surface area is 149 Å². The Morgan fingerprint density at radius 2 is 1.92 bits per heavy atom. The fourth-order valence-corrected chi connectivity index (χ4v) is 3.88. The fourth-order valence-electron chi connectivity index (χ4n) is 3.88. The predicted molar refractivity (Wildman–Crippen MR) is 94.6 cm³/mol. The van der Waals surface area contributed by atoms with Crippen molar-refractivity contribution in [3.05, 3.63) is 35.9 Å². The molecule has 1 N–H and O–H groups in total. The third kappa shape index (κ3) is 4.01. The van der Waals surface area contributed by atoms with E-state index >= 15 is 0 Å². The Balaban J connectivity index is 1.52. The first kappa shape index (κ1) is 17.5. The summed E-state index contributed by atoms with van der Waals surface area (Å²) in [5.74, 6) is -0.216. The Morgan fingerprint density at radius 3 is 2.60 bits per heavy atom. The lowest BCUT2D eigenvalue weighted by Gasteiger charge is -2.31. The van der Waals surface area contributed by atoms with Gasteiger partial charge in [-0.3, -0.25) is 9.59 Å². The van der Waals surface area contributed by atoms with Crippen LogP contribution >= 0.6 is 0 Å². The van der Waals surface area contributed by atoms with Crippen LogP contribution in [0.2, 0.25) is 0 Å².